The topological polar surface area (TPSA) is 26.3 Å². The van der Waals surface area contributed by atoms with Crippen LogP contribution in [0.25, 0.3) is 0 Å². The van der Waals surface area contributed by atoms with Crippen LogP contribution in [0.4, 0.5) is 0 Å². The van der Waals surface area contributed by atoms with Crippen molar-refractivity contribution in [1.82, 2.24) is 0 Å². The summed E-state index contributed by atoms with van der Waals surface area (Å²) in [6.07, 6.45) is 3.96. The molecule has 0 amide bonds. The molecule has 2 heterocycles. The second-order valence-corrected chi connectivity index (χ2v) is 6.35. The molecule has 88 valence electrons. The van der Waals surface area contributed by atoms with Gasteiger partial charge in [0.15, 0.2) is 5.78 Å². The Labute approximate surface area is 116 Å². The van der Waals surface area contributed by atoms with Gasteiger partial charge in [-0.2, -0.15) is 0 Å². The first kappa shape index (κ1) is 12.7. The second kappa shape index (κ2) is 5.76. The molecule has 0 N–H and O–H groups in total. The normalized spacial score (nSPS) is 20.2. The van der Waals surface area contributed by atoms with E-state index in [4.69, 9.17) is 4.74 Å². The van der Waals surface area contributed by atoms with Crippen LogP contribution in [0.3, 0.4) is 0 Å². The summed E-state index contributed by atoms with van der Waals surface area (Å²) in [6, 6.07) is 0. The number of ketones is 1. The maximum Gasteiger partial charge on any atom is 0.174 e. The molecule has 5 heteroatoms. The average Bonchev–Trinajstić information content (AvgIpc) is 2.88. The van der Waals surface area contributed by atoms with Crippen molar-refractivity contribution in [1.29, 1.82) is 0 Å². The smallest absolute Gasteiger partial charge is 0.174 e. The van der Waals surface area contributed by atoms with Crippen LogP contribution in [0, 0.1) is 0 Å². The summed E-state index contributed by atoms with van der Waals surface area (Å²) in [5.74, 6) is 0.207. The molecule has 1 atom stereocenters. The van der Waals surface area contributed by atoms with E-state index in [2.05, 4.69) is 31.9 Å². The molecule has 1 fully saturated rings. The lowest BCUT2D eigenvalue weighted by atomic mass is 10.1. The molecule has 2 nitrogen and oxygen atoms in total. The summed E-state index contributed by atoms with van der Waals surface area (Å²) in [6.45, 7) is 0.854. The van der Waals surface area contributed by atoms with Gasteiger partial charge in [0.25, 0.3) is 0 Å². The summed E-state index contributed by atoms with van der Waals surface area (Å²) in [4.78, 5) is 12.7. The molecule has 2 rings (SSSR count). The molecule has 0 spiro atoms. The van der Waals surface area contributed by atoms with Crippen LogP contribution in [0.5, 0.6) is 0 Å². The minimum atomic E-state index is 0.207. The number of thiophene rings is 1. The van der Waals surface area contributed by atoms with E-state index in [1.54, 1.807) is 0 Å². The average molecular weight is 368 g/mol. The number of carbonyl (C=O) groups excluding carboxylic acids is 1. The minimum Gasteiger partial charge on any atom is -0.378 e. The molecular formula is C11H12Br2O2S. The Kier molecular flexibility index (Phi) is 4.58. The van der Waals surface area contributed by atoms with Crippen molar-refractivity contribution in [2.45, 2.75) is 31.8 Å². The third-order valence-electron chi connectivity index (χ3n) is 2.66. The lowest BCUT2D eigenvalue weighted by Crippen LogP contribution is -2.08. The SMILES string of the molecule is O=C(CCC1CCCO1)c1scc(Br)c1Br. The van der Waals surface area contributed by atoms with Crippen molar-refractivity contribution >= 4 is 49.0 Å². The lowest BCUT2D eigenvalue weighted by molar-refractivity contribution is 0.0861. The summed E-state index contributed by atoms with van der Waals surface area (Å²) in [5.41, 5.74) is 0. The molecule has 1 aliphatic rings. The largest absolute Gasteiger partial charge is 0.378 e. The number of Topliss-reactive ketones (excluding diaryl/α,β-unsaturated/α-hetero) is 1. The van der Waals surface area contributed by atoms with Gasteiger partial charge in [-0.15, -0.1) is 11.3 Å². The van der Waals surface area contributed by atoms with Crippen molar-refractivity contribution in [3.63, 3.8) is 0 Å². The summed E-state index contributed by atoms with van der Waals surface area (Å²) >= 11 is 8.29. The molecule has 0 bridgehead atoms. The number of ether oxygens (including phenoxy) is 1. The first-order chi connectivity index (χ1) is 7.68. The molecule has 16 heavy (non-hydrogen) atoms. The van der Waals surface area contributed by atoms with Gasteiger partial charge in [-0.05, 0) is 51.1 Å². The first-order valence-electron chi connectivity index (χ1n) is 5.26. The zero-order valence-electron chi connectivity index (χ0n) is 8.67. The molecule has 0 aromatic carbocycles. The predicted molar refractivity (Wildman–Crippen MR) is 72.3 cm³/mol. The van der Waals surface area contributed by atoms with E-state index in [1.165, 1.54) is 11.3 Å². The van der Waals surface area contributed by atoms with Gasteiger partial charge in [-0.1, -0.05) is 0 Å². The highest BCUT2D eigenvalue weighted by atomic mass is 79.9. The zero-order valence-corrected chi connectivity index (χ0v) is 12.7. The van der Waals surface area contributed by atoms with E-state index in [0.717, 1.165) is 39.7 Å². The van der Waals surface area contributed by atoms with Gasteiger partial charge < -0.3 is 4.74 Å². The monoisotopic (exact) mass is 366 g/mol. The summed E-state index contributed by atoms with van der Waals surface area (Å²) in [5, 5.41) is 1.93. The summed E-state index contributed by atoms with van der Waals surface area (Å²) in [7, 11) is 0. The van der Waals surface area contributed by atoms with Crippen LogP contribution in [0.15, 0.2) is 14.3 Å². The van der Waals surface area contributed by atoms with Gasteiger partial charge in [-0.3, -0.25) is 4.79 Å². The molecule has 1 unspecified atom stereocenters. The van der Waals surface area contributed by atoms with E-state index < -0.39 is 0 Å². The van der Waals surface area contributed by atoms with Crippen molar-refractivity contribution in [3.05, 3.63) is 19.2 Å². The van der Waals surface area contributed by atoms with Gasteiger partial charge in [0.1, 0.15) is 0 Å². The zero-order chi connectivity index (χ0) is 11.5. The predicted octanol–water partition coefficient (Wildman–Crippen LogP) is 4.42. The highest BCUT2D eigenvalue weighted by molar-refractivity contribution is 9.13. The fourth-order valence-corrected chi connectivity index (χ4v) is 3.95. The molecule has 0 saturated carbocycles. The Morgan fingerprint density at radius 2 is 2.38 bits per heavy atom. The third-order valence-corrected chi connectivity index (χ3v) is 6.23. The number of carbonyl (C=O) groups is 1. The summed E-state index contributed by atoms with van der Waals surface area (Å²) < 4.78 is 7.35. The van der Waals surface area contributed by atoms with E-state index in [-0.39, 0.29) is 5.78 Å². The number of hydrogen-bond donors (Lipinski definition) is 0. The number of halogens is 2. The Balaban J connectivity index is 1.90. The number of hydrogen-bond acceptors (Lipinski definition) is 3. The van der Waals surface area contributed by atoms with Gasteiger partial charge in [-0.25, -0.2) is 0 Å². The number of rotatable bonds is 4. The molecule has 1 saturated heterocycles. The van der Waals surface area contributed by atoms with Crippen molar-refractivity contribution in [2.75, 3.05) is 6.61 Å². The van der Waals surface area contributed by atoms with E-state index >= 15 is 0 Å². The van der Waals surface area contributed by atoms with Crippen LogP contribution in [0.2, 0.25) is 0 Å². The molecular weight excluding hydrogens is 356 g/mol. The Bertz CT molecular complexity index is 383. The molecule has 1 aromatic heterocycles. The quantitative estimate of drug-likeness (QED) is 0.736. The van der Waals surface area contributed by atoms with Crippen LogP contribution in [-0.4, -0.2) is 18.5 Å². The Morgan fingerprint density at radius 1 is 1.56 bits per heavy atom. The molecule has 1 aliphatic heterocycles. The maximum absolute atomic E-state index is 11.9. The third kappa shape index (κ3) is 2.94. The highest BCUT2D eigenvalue weighted by Crippen LogP contribution is 2.33. The second-order valence-electron chi connectivity index (χ2n) is 3.82. The fraction of sp³-hybridized carbons (Fsp3) is 0.545. The highest BCUT2D eigenvalue weighted by Gasteiger charge is 2.19. The van der Waals surface area contributed by atoms with E-state index in [0.29, 0.717) is 12.5 Å². The lowest BCUT2D eigenvalue weighted by Gasteiger charge is -2.07. The maximum atomic E-state index is 11.9. The Hall–Kier alpha value is 0.290. The van der Waals surface area contributed by atoms with Crippen LogP contribution in [-0.2, 0) is 4.74 Å². The van der Waals surface area contributed by atoms with Crippen molar-refractivity contribution in [3.8, 4) is 0 Å². The van der Waals surface area contributed by atoms with Crippen LogP contribution >= 0.6 is 43.2 Å². The van der Waals surface area contributed by atoms with Crippen molar-refractivity contribution < 1.29 is 9.53 Å². The van der Waals surface area contributed by atoms with Gasteiger partial charge in [0.05, 0.1) is 15.5 Å². The van der Waals surface area contributed by atoms with Crippen LogP contribution in [0.1, 0.15) is 35.4 Å². The van der Waals surface area contributed by atoms with Crippen molar-refractivity contribution in [2.24, 2.45) is 0 Å². The van der Waals surface area contributed by atoms with Gasteiger partial charge in [0.2, 0.25) is 0 Å². The van der Waals surface area contributed by atoms with E-state index in [1.807, 2.05) is 5.38 Å². The Morgan fingerprint density at radius 3 is 2.94 bits per heavy atom. The molecule has 0 radical (unpaired) electrons. The van der Waals surface area contributed by atoms with Gasteiger partial charge in [0, 0.05) is 22.9 Å². The molecule has 1 aromatic rings. The van der Waals surface area contributed by atoms with Crippen LogP contribution < -0.4 is 0 Å². The molecule has 0 aliphatic carbocycles. The first-order valence-corrected chi connectivity index (χ1v) is 7.72. The minimum absolute atomic E-state index is 0.207. The fourth-order valence-electron chi connectivity index (χ4n) is 1.79. The standard InChI is InChI=1S/C11H12Br2O2S/c12-8-6-16-11(10(8)13)9(14)4-3-7-2-1-5-15-7/h6-7H,1-5H2. The van der Waals surface area contributed by atoms with Gasteiger partial charge >= 0.3 is 0 Å². The van der Waals surface area contributed by atoms with E-state index in [9.17, 15) is 4.79 Å².